The Morgan fingerprint density at radius 3 is 2.74 bits per heavy atom. The monoisotopic (exact) mass is 285 g/mol. The maximum Gasteiger partial charge on any atom is 0.211 e. The average molecular weight is 285 g/mol. The van der Waals surface area contributed by atoms with Crippen molar-refractivity contribution in [1.29, 1.82) is 0 Å². The number of nitrogens with one attached hydrogen (secondary N) is 1. The van der Waals surface area contributed by atoms with E-state index in [4.69, 9.17) is 0 Å². The number of sulfonamides is 1. The van der Waals surface area contributed by atoms with Gasteiger partial charge in [0.25, 0.3) is 0 Å². The highest BCUT2D eigenvalue weighted by atomic mass is 32.2. The van der Waals surface area contributed by atoms with Crippen LogP contribution in [-0.2, 0) is 10.0 Å². The second-order valence-electron chi connectivity index (χ2n) is 5.63. The predicted octanol–water partition coefficient (Wildman–Crippen LogP) is 1.86. The Morgan fingerprint density at radius 1 is 1.47 bits per heavy atom. The van der Waals surface area contributed by atoms with Crippen LogP contribution in [-0.4, -0.2) is 30.5 Å². The molecule has 0 aliphatic heterocycles. The van der Waals surface area contributed by atoms with Crippen LogP contribution in [0.25, 0.3) is 0 Å². The van der Waals surface area contributed by atoms with E-state index < -0.39 is 10.0 Å². The lowest BCUT2D eigenvalue weighted by Gasteiger charge is -2.15. The van der Waals surface area contributed by atoms with Gasteiger partial charge in [0.05, 0.1) is 18.0 Å². The van der Waals surface area contributed by atoms with Crippen molar-refractivity contribution in [2.45, 2.75) is 45.6 Å². The van der Waals surface area contributed by atoms with Crippen molar-refractivity contribution in [1.82, 2.24) is 14.5 Å². The highest BCUT2D eigenvalue weighted by molar-refractivity contribution is 7.89. The minimum absolute atomic E-state index is 0.0343. The lowest BCUT2D eigenvalue weighted by molar-refractivity contribution is 0.475. The van der Waals surface area contributed by atoms with Crippen molar-refractivity contribution in [2.24, 2.45) is 5.92 Å². The van der Waals surface area contributed by atoms with Gasteiger partial charge in [0, 0.05) is 12.7 Å². The molecular formula is C13H23N3O2S. The minimum Gasteiger partial charge on any atom is -0.268 e. The van der Waals surface area contributed by atoms with E-state index in [0.717, 1.165) is 18.4 Å². The van der Waals surface area contributed by atoms with Gasteiger partial charge in [0.2, 0.25) is 10.0 Å². The van der Waals surface area contributed by atoms with Gasteiger partial charge in [-0.2, -0.15) is 5.10 Å². The topological polar surface area (TPSA) is 64.0 Å². The van der Waals surface area contributed by atoms with Crippen LogP contribution in [0.3, 0.4) is 0 Å². The van der Waals surface area contributed by atoms with Gasteiger partial charge in [0.15, 0.2) is 0 Å². The Bertz CT molecular complexity index is 504. The molecule has 5 nitrogen and oxygen atoms in total. The van der Waals surface area contributed by atoms with E-state index in [1.54, 1.807) is 10.9 Å². The third kappa shape index (κ3) is 4.31. The molecule has 1 unspecified atom stereocenters. The van der Waals surface area contributed by atoms with E-state index in [9.17, 15) is 8.42 Å². The Hall–Kier alpha value is -0.880. The van der Waals surface area contributed by atoms with Gasteiger partial charge in [0.1, 0.15) is 0 Å². The molecule has 2 rings (SSSR count). The Morgan fingerprint density at radius 2 is 2.16 bits per heavy atom. The maximum absolute atomic E-state index is 12.0. The molecule has 0 bridgehead atoms. The van der Waals surface area contributed by atoms with Gasteiger partial charge >= 0.3 is 0 Å². The van der Waals surface area contributed by atoms with Crippen LogP contribution in [0.1, 0.15) is 44.2 Å². The molecule has 1 aliphatic rings. The summed E-state index contributed by atoms with van der Waals surface area (Å²) < 4.78 is 28.5. The molecule has 108 valence electrons. The molecule has 19 heavy (non-hydrogen) atoms. The number of aryl methyl sites for hydroxylation is 1. The molecule has 1 N–H and O–H groups in total. The van der Waals surface area contributed by atoms with Gasteiger partial charge < -0.3 is 0 Å². The minimum atomic E-state index is -3.15. The fraction of sp³-hybridized carbons (Fsp3) is 0.769. The van der Waals surface area contributed by atoms with Crippen LogP contribution in [0.15, 0.2) is 12.4 Å². The van der Waals surface area contributed by atoms with Gasteiger partial charge in [-0.1, -0.05) is 12.8 Å². The third-order valence-electron chi connectivity index (χ3n) is 3.71. The lowest BCUT2D eigenvalue weighted by atomic mass is 10.1. The van der Waals surface area contributed by atoms with Crippen molar-refractivity contribution in [3.63, 3.8) is 0 Å². The number of hydrogen-bond donors (Lipinski definition) is 1. The zero-order valence-corrected chi connectivity index (χ0v) is 12.5. The molecule has 1 saturated carbocycles. The summed E-state index contributed by atoms with van der Waals surface area (Å²) >= 11 is 0. The van der Waals surface area contributed by atoms with Gasteiger partial charge in [-0.3, -0.25) is 4.68 Å². The Kier molecular flexibility index (Phi) is 4.62. The molecule has 1 aromatic rings. The van der Waals surface area contributed by atoms with Gasteiger partial charge in [-0.25, -0.2) is 13.1 Å². The third-order valence-corrected chi connectivity index (χ3v) is 5.23. The van der Waals surface area contributed by atoms with E-state index in [2.05, 4.69) is 9.82 Å². The first-order valence-corrected chi connectivity index (χ1v) is 8.59. The second kappa shape index (κ2) is 6.05. The summed E-state index contributed by atoms with van der Waals surface area (Å²) in [5.74, 6) is 0.623. The van der Waals surface area contributed by atoms with Crippen molar-refractivity contribution in [3.05, 3.63) is 18.0 Å². The van der Waals surface area contributed by atoms with Gasteiger partial charge in [-0.15, -0.1) is 0 Å². The van der Waals surface area contributed by atoms with Crippen molar-refractivity contribution >= 4 is 10.0 Å². The number of rotatable bonds is 6. The molecule has 1 aliphatic carbocycles. The summed E-state index contributed by atoms with van der Waals surface area (Å²) in [5.41, 5.74) is 1.08. The Labute approximate surface area is 115 Å². The lowest BCUT2D eigenvalue weighted by Crippen LogP contribution is -2.33. The Balaban J connectivity index is 1.83. The number of aromatic nitrogens is 2. The van der Waals surface area contributed by atoms with E-state index >= 15 is 0 Å². The molecule has 0 spiro atoms. The van der Waals surface area contributed by atoms with Gasteiger partial charge in [-0.05, 0) is 38.2 Å². The standard InChI is InChI=1S/C13H23N3O2S/c1-11-7-14-16(9-11)12(2)8-15-19(17,18)10-13-5-3-4-6-13/h7,9,12-13,15H,3-6,8,10H2,1-2H3. The summed E-state index contributed by atoms with van der Waals surface area (Å²) in [7, 11) is -3.15. The highest BCUT2D eigenvalue weighted by Crippen LogP contribution is 2.25. The smallest absolute Gasteiger partial charge is 0.211 e. The molecule has 0 saturated heterocycles. The van der Waals surface area contributed by atoms with Crippen LogP contribution in [0.4, 0.5) is 0 Å². The van der Waals surface area contributed by atoms with E-state index in [-0.39, 0.29) is 11.8 Å². The first kappa shape index (κ1) is 14.5. The molecule has 1 aromatic heterocycles. The van der Waals surface area contributed by atoms with E-state index in [1.807, 2.05) is 20.0 Å². The molecule has 1 fully saturated rings. The molecule has 1 heterocycles. The van der Waals surface area contributed by atoms with Crippen molar-refractivity contribution in [3.8, 4) is 0 Å². The molecule has 1 atom stereocenters. The van der Waals surface area contributed by atoms with Crippen LogP contribution in [0.5, 0.6) is 0 Å². The maximum atomic E-state index is 12.0. The SMILES string of the molecule is Cc1cnn(C(C)CNS(=O)(=O)CC2CCCC2)c1. The van der Waals surface area contributed by atoms with Crippen molar-refractivity contribution in [2.75, 3.05) is 12.3 Å². The van der Waals surface area contributed by atoms with Crippen molar-refractivity contribution < 1.29 is 8.42 Å². The molecule has 6 heteroatoms. The fourth-order valence-electron chi connectivity index (χ4n) is 2.56. The van der Waals surface area contributed by atoms with Crippen LogP contribution >= 0.6 is 0 Å². The normalized spacial score (nSPS) is 18.8. The summed E-state index contributed by atoms with van der Waals surface area (Å²) in [6.07, 6.45) is 8.15. The van der Waals surface area contributed by atoms with Crippen LogP contribution in [0, 0.1) is 12.8 Å². The first-order chi connectivity index (χ1) is 8.96. The zero-order valence-electron chi connectivity index (χ0n) is 11.7. The summed E-state index contributed by atoms with van der Waals surface area (Å²) in [5, 5.41) is 4.20. The van der Waals surface area contributed by atoms with E-state index in [0.29, 0.717) is 12.5 Å². The number of nitrogens with zero attached hydrogens (tertiary/aromatic N) is 2. The van der Waals surface area contributed by atoms with Crippen LogP contribution in [0.2, 0.25) is 0 Å². The quantitative estimate of drug-likeness (QED) is 0.867. The van der Waals surface area contributed by atoms with E-state index in [1.165, 1.54) is 12.8 Å². The first-order valence-electron chi connectivity index (χ1n) is 6.94. The predicted molar refractivity (Wildman–Crippen MR) is 75.4 cm³/mol. The fourth-order valence-corrected chi connectivity index (χ4v) is 4.13. The highest BCUT2D eigenvalue weighted by Gasteiger charge is 2.22. The molecule has 0 radical (unpaired) electrons. The molecule has 0 amide bonds. The average Bonchev–Trinajstić information content (AvgIpc) is 2.97. The zero-order chi connectivity index (χ0) is 13.9. The molecule has 0 aromatic carbocycles. The summed E-state index contributed by atoms with van der Waals surface area (Å²) in [6, 6.07) is 0.0343. The summed E-state index contributed by atoms with van der Waals surface area (Å²) in [4.78, 5) is 0. The summed E-state index contributed by atoms with van der Waals surface area (Å²) in [6.45, 7) is 4.33. The van der Waals surface area contributed by atoms with Crippen LogP contribution < -0.4 is 4.72 Å². The number of hydrogen-bond acceptors (Lipinski definition) is 3. The largest absolute Gasteiger partial charge is 0.268 e. The molecular weight excluding hydrogens is 262 g/mol. The second-order valence-corrected chi connectivity index (χ2v) is 7.48.